The predicted molar refractivity (Wildman–Crippen MR) is 86.4 cm³/mol. The normalized spacial score (nSPS) is 10.3. The quantitative estimate of drug-likeness (QED) is 0.781. The molecule has 22 heavy (non-hydrogen) atoms. The first-order chi connectivity index (χ1) is 10.8. The van der Waals surface area contributed by atoms with Gasteiger partial charge >= 0.3 is 0 Å². The van der Waals surface area contributed by atoms with Gasteiger partial charge in [-0.2, -0.15) is 5.10 Å². The van der Waals surface area contributed by atoms with Crippen LogP contribution in [0.2, 0.25) is 0 Å². The van der Waals surface area contributed by atoms with Crippen LogP contribution in [-0.4, -0.2) is 24.0 Å². The van der Waals surface area contributed by atoms with Crippen LogP contribution >= 0.6 is 0 Å². The molecule has 0 saturated carbocycles. The Labute approximate surface area is 129 Å². The van der Waals surface area contributed by atoms with Crippen LogP contribution in [0.3, 0.4) is 0 Å². The van der Waals surface area contributed by atoms with E-state index >= 15 is 0 Å². The lowest BCUT2D eigenvalue weighted by Gasteiger charge is -2.11. The van der Waals surface area contributed by atoms with Gasteiger partial charge in [0.2, 0.25) is 0 Å². The fraction of sp³-hybridized carbons (Fsp3) is 0.118. The molecular weight excluding hydrogens is 278 g/mol. The highest BCUT2D eigenvalue weighted by atomic mass is 16.5. The van der Waals surface area contributed by atoms with E-state index in [0.717, 1.165) is 28.7 Å². The molecule has 3 rings (SSSR count). The Morgan fingerprint density at radius 1 is 0.955 bits per heavy atom. The number of para-hydroxylation sites is 1. The minimum Gasteiger partial charge on any atom is -0.497 e. The van der Waals surface area contributed by atoms with Gasteiger partial charge in [-0.3, -0.25) is 0 Å². The molecule has 5 nitrogen and oxygen atoms in total. The number of nitrogens with zero attached hydrogens (tertiary/aromatic N) is 2. The molecule has 0 amide bonds. The molecule has 0 aliphatic heterocycles. The monoisotopic (exact) mass is 295 g/mol. The summed E-state index contributed by atoms with van der Waals surface area (Å²) in [6, 6.07) is 17.4. The van der Waals surface area contributed by atoms with Crippen molar-refractivity contribution in [2.45, 2.75) is 0 Å². The molecule has 5 heteroatoms. The Bertz CT molecular complexity index is 754. The summed E-state index contributed by atoms with van der Waals surface area (Å²) < 4.78 is 12.4. The van der Waals surface area contributed by atoms with Crippen molar-refractivity contribution in [3.8, 4) is 17.2 Å². The van der Waals surface area contributed by atoms with Gasteiger partial charge in [-0.1, -0.05) is 18.2 Å². The molecule has 0 radical (unpaired) electrons. The Kier molecular flexibility index (Phi) is 3.96. The van der Waals surface area contributed by atoms with Crippen LogP contribution in [0.5, 0.6) is 11.5 Å². The van der Waals surface area contributed by atoms with Gasteiger partial charge in [0, 0.05) is 18.3 Å². The molecular formula is C17H17N3O2. The van der Waals surface area contributed by atoms with Gasteiger partial charge in [-0.25, -0.2) is 4.68 Å². The molecule has 0 atom stereocenters. The van der Waals surface area contributed by atoms with Crippen molar-refractivity contribution >= 4 is 11.5 Å². The van der Waals surface area contributed by atoms with Crippen LogP contribution in [0.15, 0.2) is 60.8 Å². The summed E-state index contributed by atoms with van der Waals surface area (Å²) in [7, 11) is 3.27. The third-order valence-electron chi connectivity index (χ3n) is 3.28. The molecule has 0 aliphatic carbocycles. The molecule has 112 valence electrons. The lowest BCUT2D eigenvalue weighted by Crippen LogP contribution is -1.98. The fourth-order valence-electron chi connectivity index (χ4n) is 2.16. The van der Waals surface area contributed by atoms with Gasteiger partial charge < -0.3 is 14.8 Å². The maximum absolute atomic E-state index is 5.36. The van der Waals surface area contributed by atoms with Gasteiger partial charge in [0.05, 0.1) is 25.6 Å². The van der Waals surface area contributed by atoms with Crippen molar-refractivity contribution in [3.63, 3.8) is 0 Å². The number of benzene rings is 2. The number of methoxy groups -OCH3 is 2. The van der Waals surface area contributed by atoms with Crippen LogP contribution in [0, 0.1) is 0 Å². The summed E-state index contributed by atoms with van der Waals surface area (Å²) in [5, 5.41) is 7.77. The number of ether oxygens (including phenoxy) is 2. The van der Waals surface area contributed by atoms with Gasteiger partial charge in [0.25, 0.3) is 0 Å². The summed E-state index contributed by atoms with van der Waals surface area (Å²) in [5.41, 5.74) is 1.81. The molecule has 1 N–H and O–H groups in total. The van der Waals surface area contributed by atoms with Gasteiger partial charge in [0.1, 0.15) is 11.5 Å². The average molecular weight is 295 g/mol. The Hall–Kier alpha value is -2.95. The first kappa shape index (κ1) is 14.0. The van der Waals surface area contributed by atoms with E-state index in [9.17, 15) is 0 Å². The van der Waals surface area contributed by atoms with E-state index in [4.69, 9.17) is 9.47 Å². The lowest BCUT2D eigenvalue weighted by atomic mass is 10.2. The third-order valence-corrected chi connectivity index (χ3v) is 3.28. The Morgan fingerprint density at radius 2 is 1.77 bits per heavy atom. The smallest absolute Gasteiger partial charge is 0.152 e. The number of hydrogen-bond donors (Lipinski definition) is 1. The summed E-state index contributed by atoms with van der Waals surface area (Å²) in [6.45, 7) is 0. The molecule has 0 fully saturated rings. The van der Waals surface area contributed by atoms with Crippen molar-refractivity contribution in [2.24, 2.45) is 0 Å². The summed E-state index contributed by atoms with van der Waals surface area (Å²) >= 11 is 0. The van der Waals surface area contributed by atoms with Gasteiger partial charge in [0.15, 0.2) is 5.82 Å². The summed E-state index contributed by atoms with van der Waals surface area (Å²) in [4.78, 5) is 0. The highest BCUT2D eigenvalue weighted by molar-refractivity contribution is 5.66. The van der Waals surface area contributed by atoms with Crippen LogP contribution in [0.25, 0.3) is 5.69 Å². The number of aromatic nitrogens is 2. The molecule has 1 heterocycles. The van der Waals surface area contributed by atoms with Crippen LogP contribution in [-0.2, 0) is 0 Å². The minimum atomic E-state index is 0.732. The Morgan fingerprint density at radius 3 is 2.50 bits per heavy atom. The van der Waals surface area contributed by atoms with Crippen LogP contribution in [0.1, 0.15) is 0 Å². The molecule has 0 saturated heterocycles. The van der Waals surface area contributed by atoms with Crippen LogP contribution in [0.4, 0.5) is 11.5 Å². The maximum atomic E-state index is 5.36. The first-order valence-electron chi connectivity index (χ1n) is 6.90. The summed E-state index contributed by atoms with van der Waals surface area (Å²) in [6.07, 6.45) is 1.91. The third kappa shape index (κ3) is 2.88. The standard InChI is InChI=1S/C17H17N3O2/c1-21-14-8-9-16(22-2)15(12-14)18-17-10-11-20(19-17)13-6-4-3-5-7-13/h3-12H,1-2H3,(H,18,19). The van der Waals surface area contributed by atoms with E-state index in [1.165, 1.54) is 0 Å². The molecule has 0 spiro atoms. The second-order valence-electron chi connectivity index (χ2n) is 4.67. The van der Waals surface area contributed by atoms with Gasteiger partial charge in [-0.05, 0) is 24.3 Å². The predicted octanol–water partition coefficient (Wildman–Crippen LogP) is 3.63. The van der Waals surface area contributed by atoms with Crippen molar-refractivity contribution in [2.75, 3.05) is 19.5 Å². The number of nitrogens with one attached hydrogen (secondary N) is 1. The lowest BCUT2D eigenvalue weighted by molar-refractivity contribution is 0.405. The topological polar surface area (TPSA) is 48.3 Å². The summed E-state index contributed by atoms with van der Waals surface area (Å²) in [5.74, 6) is 2.22. The zero-order chi connectivity index (χ0) is 15.4. The van der Waals surface area contributed by atoms with E-state index in [1.807, 2.05) is 65.5 Å². The molecule has 0 bridgehead atoms. The maximum Gasteiger partial charge on any atom is 0.152 e. The number of anilines is 2. The molecule has 0 aliphatic rings. The van der Waals surface area contributed by atoms with E-state index in [-0.39, 0.29) is 0 Å². The largest absolute Gasteiger partial charge is 0.497 e. The highest BCUT2D eigenvalue weighted by Crippen LogP contribution is 2.31. The molecule has 2 aromatic carbocycles. The van der Waals surface area contributed by atoms with Crippen molar-refractivity contribution in [3.05, 3.63) is 60.8 Å². The molecule has 1 aromatic heterocycles. The molecule has 0 unspecified atom stereocenters. The van der Waals surface area contributed by atoms with E-state index in [0.29, 0.717) is 0 Å². The highest BCUT2D eigenvalue weighted by Gasteiger charge is 2.07. The van der Waals surface area contributed by atoms with E-state index in [2.05, 4.69) is 10.4 Å². The van der Waals surface area contributed by atoms with E-state index in [1.54, 1.807) is 14.2 Å². The molecule has 3 aromatic rings. The van der Waals surface area contributed by atoms with Crippen molar-refractivity contribution in [1.29, 1.82) is 0 Å². The zero-order valence-corrected chi connectivity index (χ0v) is 12.5. The van der Waals surface area contributed by atoms with Crippen molar-refractivity contribution < 1.29 is 9.47 Å². The number of hydrogen-bond acceptors (Lipinski definition) is 4. The fourth-order valence-corrected chi connectivity index (χ4v) is 2.16. The second kappa shape index (κ2) is 6.22. The van der Waals surface area contributed by atoms with E-state index < -0.39 is 0 Å². The Balaban J connectivity index is 1.86. The van der Waals surface area contributed by atoms with Crippen LogP contribution < -0.4 is 14.8 Å². The minimum absolute atomic E-state index is 0.732. The first-order valence-corrected chi connectivity index (χ1v) is 6.90. The average Bonchev–Trinajstić information content (AvgIpc) is 3.04. The van der Waals surface area contributed by atoms with Crippen molar-refractivity contribution in [1.82, 2.24) is 9.78 Å². The van der Waals surface area contributed by atoms with Gasteiger partial charge in [-0.15, -0.1) is 0 Å². The SMILES string of the molecule is COc1ccc(OC)c(Nc2ccn(-c3ccccc3)n2)c1. The second-order valence-corrected chi connectivity index (χ2v) is 4.67. The zero-order valence-electron chi connectivity index (χ0n) is 12.5. The number of rotatable bonds is 5.